The van der Waals surface area contributed by atoms with Gasteiger partial charge in [-0.25, -0.2) is 9.97 Å². The molecule has 2 amide bonds. The van der Waals surface area contributed by atoms with E-state index in [1.54, 1.807) is 31.5 Å². The summed E-state index contributed by atoms with van der Waals surface area (Å²) in [7, 11) is 1.56. The number of pyridine rings is 1. The van der Waals surface area contributed by atoms with Gasteiger partial charge in [-0.2, -0.15) is 0 Å². The Bertz CT molecular complexity index is 1670. The molecule has 3 heterocycles. The number of carbonyl (C=O) groups is 2. The largest absolute Gasteiger partial charge is 0.481 e. The molecule has 1 aliphatic heterocycles. The maximum atomic E-state index is 13.2. The first-order valence-corrected chi connectivity index (χ1v) is 11.9. The number of nitrogens with zero attached hydrogens (tertiary/aromatic N) is 2. The highest BCUT2D eigenvalue weighted by Gasteiger charge is 2.29. The van der Waals surface area contributed by atoms with Gasteiger partial charge in [-0.3, -0.25) is 9.59 Å². The molecule has 3 aromatic carbocycles. The van der Waals surface area contributed by atoms with Gasteiger partial charge in [0.1, 0.15) is 0 Å². The molecule has 0 unspecified atom stereocenters. The third-order valence-electron chi connectivity index (χ3n) is 6.15. The minimum absolute atomic E-state index is 0.208. The zero-order valence-corrected chi connectivity index (χ0v) is 20.3. The third kappa shape index (κ3) is 4.33. The lowest BCUT2D eigenvalue weighted by atomic mass is 10.00. The number of fused-ring (bicyclic) bond motifs is 2. The number of ether oxygens (including phenoxy) is 1. The second kappa shape index (κ2) is 9.55. The van der Waals surface area contributed by atoms with Crippen molar-refractivity contribution in [3.8, 4) is 5.88 Å². The zero-order valence-electron chi connectivity index (χ0n) is 20.3. The molecule has 1 aliphatic rings. The summed E-state index contributed by atoms with van der Waals surface area (Å²) in [4.78, 5) is 37.7. The standard InChI is InChI=1S/C29H22N6O3/c1-38-24-14-12-19(16-30-24)31-26(17-7-3-2-4-8-17)25-20-13-11-18(15-23(20)35-28(25)36)32-29(37)27-33-21-9-5-6-10-22(21)34-27/h2-16,31H,1H3,(H,32,37)(H,33,34)(H,35,36)/b26-25-. The van der Waals surface area contributed by atoms with Crippen molar-refractivity contribution >= 4 is 51.2 Å². The number of benzene rings is 3. The molecule has 0 fully saturated rings. The van der Waals surface area contributed by atoms with Crippen LogP contribution < -0.4 is 20.7 Å². The number of para-hydroxylation sites is 2. The van der Waals surface area contributed by atoms with Gasteiger partial charge in [0.15, 0.2) is 5.82 Å². The number of amides is 2. The number of rotatable bonds is 6. The lowest BCUT2D eigenvalue weighted by Crippen LogP contribution is -2.13. The van der Waals surface area contributed by atoms with Crippen molar-refractivity contribution in [3.63, 3.8) is 0 Å². The van der Waals surface area contributed by atoms with Crippen LogP contribution in [0.25, 0.3) is 22.3 Å². The van der Waals surface area contributed by atoms with Gasteiger partial charge in [0.2, 0.25) is 5.88 Å². The van der Waals surface area contributed by atoms with E-state index < -0.39 is 0 Å². The predicted molar refractivity (Wildman–Crippen MR) is 147 cm³/mol. The maximum absolute atomic E-state index is 13.2. The van der Waals surface area contributed by atoms with E-state index in [0.29, 0.717) is 45.3 Å². The van der Waals surface area contributed by atoms with Crippen molar-refractivity contribution in [2.24, 2.45) is 0 Å². The SMILES string of the molecule is COc1ccc(N/C(=C2\C(=O)Nc3cc(NC(=O)c4nc5ccccc5[nH]4)ccc32)c2ccccc2)cn1. The van der Waals surface area contributed by atoms with Crippen LogP contribution in [0.5, 0.6) is 5.88 Å². The Hall–Kier alpha value is -5.44. The first-order chi connectivity index (χ1) is 18.6. The Kier molecular flexibility index (Phi) is 5.78. The van der Waals surface area contributed by atoms with Crippen molar-refractivity contribution in [1.29, 1.82) is 0 Å². The smallest absolute Gasteiger partial charge is 0.291 e. The minimum Gasteiger partial charge on any atom is -0.481 e. The van der Waals surface area contributed by atoms with E-state index in [1.165, 1.54) is 0 Å². The summed E-state index contributed by atoms with van der Waals surface area (Å²) in [6, 6.07) is 25.9. The summed E-state index contributed by atoms with van der Waals surface area (Å²) in [5.41, 5.74) is 5.98. The molecule has 0 aliphatic carbocycles. The first-order valence-electron chi connectivity index (χ1n) is 11.9. The van der Waals surface area contributed by atoms with Gasteiger partial charge in [-0.15, -0.1) is 0 Å². The van der Waals surface area contributed by atoms with Gasteiger partial charge in [0.25, 0.3) is 11.8 Å². The lowest BCUT2D eigenvalue weighted by Gasteiger charge is -2.15. The van der Waals surface area contributed by atoms with Crippen molar-refractivity contribution in [1.82, 2.24) is 15.0 Å². The van der Waals surface area contributed by atoms with Gasteiger partial charge in [0, 0.05) is 17.3 Å². The number of imidazole rings is 1. The number of nitrogens with one attached hydrogen (secondary N) is 4. The van der Waals surface area contributed by atoms with Crippen LogP contribution in [-0.2, 0) is 4.79 Å². The molecule has 186 valence electrons. The van der Waals surface area contributed by atoms with Crippen LogP contribution in [0.2, 0.25) is 0 Å². The second-order valence-corrected chi connectivity index (χ2v) is 8.60. The summed E-state index contributed by atoms with van der Waals surface area (Å²) in [6.45, 7) is 0. The maximum Gasteiger partial charge on any atom is 0.291 e. The Balaban J connectivity index is 1.34. The Morgan fingerprint density at radius 1 is 0.895 bits per heavy atom. The number of H-pyrrole nitrogens is 1. The number of hydrogen-bond donors (Lipinski definition) is 4. The highest BCUT2D eigenvalue weighted by Crippen LogP contribution is 2.39. The van der Waals surface area contributed by atoms with Crippen LogP contribution in [0.4, 0.5) is 17.1 Å². The minimum atomic E-state index is -0.375. The molecule has 0 radical (unpaired) electrons. The lowest BCUT2D eigenvalue weighted by molar-refractivity contribution is -0.110. The topological polar surface area (TPSA) is 121 Å². The number of hydrogen-bond acceptors (Lipinski definition) is 6. The number of aromatic amines is 1. The molecule has 0 atom stereocenters. The van der Waals surface area contributed by atoms with E-state index in [1.807, 2.05) is 66.7 Å². The molecular weight excluding hydrogens is 480 g/mol. The molecule has 0 saturated carbocycles. The number of carbonyl (C=O) groups excluding carboxylic acids is 2. The molecule has 9 heteroatoms. The molecule has 38 heavy (non-hydrogen) atoms. The summed E-state index contributed by atoms with van der Waals surface area (Å²) in [5.74, 6) is 0.0686. The zero-order chi connectivity index (χ0) is 26.1. The molecule has 6 rings (SSSR count). The molecule has 2 aromatic heterocycles. The van der Waals surface area contributed by atoms with E-state index in [-0.39, 0.29) is 17.6 Å². The number of methoxy groups -OCH3 is 1. The normalized spacial score (nSPS) is 13.6. The van der Waals surface area contributed by atoms with Crippen molar-refractivity contribution in [2.45, 2.75) is 0 Å². The second-order valence-electron chi connectivity index (χ2n) is 8.60. The molecule has 9 nitrogen and oxygen atoms in total. The fourth-order valence-electron chi connectivity index (χ4n) is 4.35. The first kappa shape index (κ1) is 23.0. The van der Waals surface area contributed by atoms with E-state index in [9.17, 15) is 9.59 Å². The monoisotopic (exact) mass is 502 g/mol. The van der Waals surface area contributed by atoms with Crippen molar-refractivity contribution in [3.05, 3.63) is 108 Å². The average molecular weight is 503 g/mol. The van der Waals surface area contributed by atoms with Crippen LogP contribution in [0.15, 0.2) is 91.1 Å². The molecular formula is C29H22N6O3. The van der Waals surface area contributed by atoms with Gasteiger partial charge in [-0.1, -0.05) is 42.5 Å². The average Bonchev–Trinajstić information content (AvgIpc) is 3.53. The van der Waals surface area contributed by atoms with E-state index in [0.717, 1.165) is 11.1 Å². The van der Waals surface area contributed by atoms with Crippen LogP contribution >= 0.6 is 0 Å². The van der Waals surface area contributed by atoms with Crippen molar-refractivity contribution in [2.75, 3.05) is 23.1 Å². The number of aromatic nitrogens is 3. The quantitative estimate of drug-likeness (QED) is 0.238. The van der Waals surface area contributed by atoms with Crippen LogP contribution in [0, 0.1) is 0 Å². The van der Waals surface area contributed by atoms with Gasteiger partial charge in [-0.05, 0) is 42.0 Å². The Labute approximate surface area is 217 Å². The highest BCUT2D eigenvalue weighted by atomic mass is 16.5. The number of anilines is 3. The molecule has 0 bridgehead atoms. The van der Waals surface area contributed by atoms with Crippen molar-refractivity contribution < 1.29 is 14.3 Å². The van der Waals surface area contributed by atoms with Gasteiger partial charge >= 0.3 is 0 Å². The highest BCUT2D eigenvalue weighted by molar-refractivity contribution is 6.37. The molecule has 0 spiro atoms. The van der Waals surface area contributed by atoms with Gasteiger partial charge < -0.3 is 25.7 Å². The summed E-state index contributed by atoms with van der Waals surface area (Å²) in [6.07, 6.45) is 1.65. The predicted octanol–water partition coefficient (Wildman–Crippen LogP) is 5.15. The Morgan fingerprint density at radius 2 is 1.68 bits per heavy atom. The molecule has 4 N–H and O–H groups in total. The van der Waals surface area contributed by atoms with E-state index in [2.05, 4.69) is 30.9 Å². The fraction of sp³-hybridized carbons (Fsp3) is 0.0345. The van der Waals surface area contributed by atoms with E-state index in [4.69, 9.17) is 4.74 Å². The van der Waals surface area contributed by atoms with E-state index >= 15 is 0 Å². The summed E-state index contributed by atoms with van der Waals surface area (Å²) >= 11 is 0. The molecule has 0 saturated heterocycles. The molecule has 5 aromatic rings. The summed E-state index contributed by atoms with van der Waals surface area (Å²) < 4.78 is 5.15. The fourth-order valence-corrected chi connectivity index (χ4v) is 4.35. The van der Waals surface area contributed by atoms with Crippen LogP contribution in [0.3, 0.4) is 0 Å². The van der Waals surface area contributed by atoms with Crippen LogP contribution in [-0.4, -0.2) is 33.9 Å². The van der Waals surface area contributed by atoms with Crippen LogP contribution in [0.1, 0.15) is 21.7 Å². The Morgan fingerprint density at radius 3 is 2.45 bits per heavy atom. The van der Waals surface area contributed by atoms with Gasteiger partial charge in [0.05, 0.1) is 47.0 Å². The summed E-state index contributed by atoms with van der Waals surface area (Å²) in [5, 5.41) is 9.14. The third-order valence-corrected chi connectivity index (χ3v) is 6.15.